The zero-order valence-electron chi connectivity index (χ0n) is 26.6. The van der Waals surface area contributed by atoms with Gasteiger partial charge in [0.05, 0.1) is 0 Å². The van der Waals surface area contributed by atoms with Gasteiger partial charge >= 0.3 is 0 Å². The van der Waals surface area contributed by atoms with E-state index in [1.807, 2.05) is 0 Å². The van der Waals surface area contributed by atoms with E-state index in [9.17, 15) is 0 Å². The van der Waals surface area contributed by atoms with Crippen LogP contribution < -0.4 is 4.90 Å². The lowest BCUT2D eigenvalue weighted by Gasteiger charge is -2.61. The summed E-state index contributed by atoms with van der Waals surface area (Å²) < 4.78 is 0. The smallest absolute Gasteiger partial charge is 0.0468 e. The molecule has 0 atom stereocenters. The standard InChI is InChI=1S/C46H37N/c1-2-9-33-26-37(16-15-31(33)7-1)47(38-17-19-41-34(27-38)14-13-32-8-3-4-10-40(32)41)39-18-20-43-42-11-5-6-12-44(42)46(45(43)28-39)35-22-29-21-30(24-35)25-36(46)23-29/h1-20,26-30,35-36H,21-25H2. The summed E-state index contributed by atoms with van der Waals surface area (Å²) in [5.41, 5.74) is 10.00. The van der Waals surface area contributed by atoms with Gasteiger partial charge in [0.2, 0.25) is 0 Å². The van der Waals surface area contributed by atoms with Gasteiger partial charge in [-0.3, -0.25) is 0 Å². The Kier molecular flexibility index (Phi) is 5.34. The van der Waals surface area contributed by atoms with Gasteiger partial charge < -0.3 is 4.90 Å². The number of benzene rings is 7. The highest BCUT2D eigenvalue weighted by Gasteiger charge is 2.61. The molecule has 0 N–H and O–H groups in total. The maximum Gasteiger partial charge on any atom is 0.0468 e. The van der Waals surface area contributed by atoms with Crippen molar-refractivity contribution >= 4 is 49.4 Å². The Balaban J connectivity index is 1.14. The number of fused-ring (bicyclic) bond motifs is 7. The van der Waals surface area contributed by atoms with Crippen molar-refractivity contribution in [1.29, 1.82) is 0 Å². The van der Waals surface area contributed by atoms with Gasteiger partial charge in [-0.05, 0) is 147 Å². The van der Waals surface area contributed by atoms with Crippen molar-refractivity contribution in [3.8, 4) is 11.1 Å². The van der Waals surface area contributed by atoms with Crippen LogP contribution >= 0.6 is 0 Å². The van der Waals surface area contributed by atoms with E-state index in [1.165, 1.54) is 92.6 Å². The molecule has 7 aromatic carbocycles. The molecule has 0 amide bonds. The monoisotopic (exact) mass is 603 g/mol. The number of rotatable bonds is 3. The van der Waals surface area contributed by atoms with E-state index in [0.717, 1.165) is 23.7 Å². The van der Waals surface area contributed by atoms with Gasteiger partial charge in [-0.2, -0.15) is 0 Å². The molecule has 0 saturated heterocycles. The van der Waals surface area contributed by atoms with Crippen LogP contribution in [0.15, 0.2) is 140 Å². The Labute approximate surface area is 276 Å². The third kappa shape index (κ3) is 3.61. The lowest BCUT2D eigenvalue weighted by molar-refractivity contribution is -0.0399. The molecule has 1 spiro atoms. The molecule has 4 fully saturated rings. The summed E-state index contributed by atoms with van der Waals surface area (Å²) in [6.45, 7) is 0. The quantitative estimate of drug-likeness (QED) is 0.182. The summed E-state index contributed by atoms with van der Waals surface area (Å²) in [6.07, 6.45) is 7.08. The summed E-state index contributed by atoms with van der Waals surface area (Å²) in [5, 5.41) is 7.73. The average Bonchev–Trinajstić information content (AvgIpc) is 3.40. The summed E-state index contributed by atoms with van der Waals surface area (Å²) in [4.78, 5) is 2.52. The second-order valence-electron chi connectivity index (χ2n) is 15.0. The van der Waals surface area contributed by atoms with Crippen LogP contribution in [0, 0.1) is 23.7 Å². The van der Waals surface area contributed by atoms with Crippen molar-refractivity contribution in [1.82, 2.24) is 0 Å². The molecule has 4 bridgehead atoms. The molecule has 12 rings (SSSR count). The minimum absolute atomic E-state index is 0.146. The first-order valence-electron chi connectivity index (χ1n) is 17.7. The number of nitrogens with zero attached hydrogens (tertiary/aromatic N) is 1. The molecule has 226 valence electrons. The Morgan fingerprint density at radius 2 is 0.957 bits per heavy atom. The zero-order chi connectivity index (χ0) is 30.7. The van der Waals surface area contributed by atoms with E-state index in [-0.39, 0.29) is 5.41 Å². The zero-order valence-corrected chi connectivity index (χ0v) is 26.6. The minimum atomic E-state index is 0.146. The van der Waals surface area contributed by atoms with Crippen molar-refractivity contribution in [2.75, 3.05) is 4.90 Å². The minimum Gasteiger partial charge on any atom is -0.310 e. The van der Waals surface area contributed by atoms with Crippen molar-refractivity contribution in [2.45, 2.75) is 37.5 Å². The van der Waals surface area contributed by atoms with Gasteiger partial charge in [-0.15, -0.1) is 0 Å². The predicted octanol–water partition coefficient (Wildman–Crippen LogP) is 12.3. The molecule has 4 saturated carbocycles. The van der Waals surface area contributed by atoms with E-state index >= 15 is 0 Å². The third-order valence-corrected chi connectivity index (χ3v) is 12.8. The molecule has 0 aromatic heterocycles. The Morgan fingerprint density at radius 1 is 0.404 bits per heavy atom. The van der Waals surface area contributed by atoms with E-state index in [2.05, 4.69) is 144 Å². The predicted molar refractivity (Wildman–Crippen MR) is 197 cm³/mol. The highest BCUT2D eigenvalue weighted by atomic mass is 15.1. The first kappa shape index (κ1) is 26.2. The highest BCUT2D eigenvalue weighted by Crippen LogP contribution is 2.69. The van der Waals surface area contributed by atoms with Crippen LogP contribution in [0.5, 0.6) is 0 Å². The van der Waals surface area contributed by atoms with Crippen molar-refractivity contribution in [3.05, 3.63) is 151 Å². The maximum absolute atomic E-state index is 2.62. The molecule has 5 aliphatic rings. The Bertz CT molecular complexity index is 2370. The first-order valence-corrected chi connectivity index (χ1v) is 17.7. The molecule has 0 unspecified atom stereocenters. The van der Waals surface area contributed by atoms with E-state index in [4.69, 9.17) is 0 Å². The first-order chi connectivity index (χ1) is 23.2. The fourth-order valence-electron chi connectivity index (χ4n) is 11.2. The third-order valence-electron chi connectivity index (χ3n) is 12.8. The second kappa shape index (κ2) is 9.58. The van der Waals surface area contributed by atoms with Gasteiger partial charge in [0.25, 0.3) is 0 Å². The molecule has 1 nitrogen and oxygen atoms in total. The van der Waals surface area contributed by atoms with Crippen molar-refractivity contribution in [2.24, 2.45) is 23.7 Å². The molecule has 0 radical (unpaired) electrons. The number of hydrogen-bond donors (Lipinski definition) is 0. The summed E-state index contributed by atoms with van der Waals surface area (Å²) in [7, 11) is 0. The second-order valence-corrected chi connectivity index (χ2v) is 15.0. The van der Waals surface area contributed by atoms with Crippen LogP contribution in [0.3, 0.4) is 0 Å². The molecule has 5 aliphatic carbocycles. The topological polar surface area (TPSA) is 3.24 Å². The molecule has 0 aliphatic heterocycles. The Hall–Kier alpha value is -4.88. The molecule has 47 heavy (non-hydrogen) atoms. The van der Waals surface area contributed by atoms with Crippen LogP contribution in [0.2, 0.25) is 0 Å². The van der Waals surface area contributed by atoms with Crippen molar-refractivity contribution < 1.29 is 0 Å². The summed E-state index contributed by atoms with van der Waals surface area (Å²) in [5.74, 6) is 3.37. The molecular weight excluding hydrogens is 567 g/mol. The van der Waals surface area contributed by atoms with Crippen LogP contribution in [-0.2, 0) is 5.41 Å². The average molecular weight is 604 g/mol. The lowest BCUT2D eigenvalue weighted by atomic mass is 9.43. The highest BCUT2D eigenvalue weighted by molar-refractivity contribution is 6.08. The van der Waals surface area contributed by atoms with E-state index < -0.39 is 0 Å². The van der Waals surface area contributed by atoms with Gasteiger partial charge in [0, 0.05) is 22.5 Å². The molecule has 1 heteroatoms. The summed E-state index contributed by atoms with van der Waals surface area (Å²) in [6, 6.07) is 53.0. The fraction of sp³-hybridized carbons (Fsp3) is 0.217. The number of hydrogen-bond acceptors (Lipinski definition) is 1. The van der Waals surface area contributed by atoms with Gasteiger partial charge in [-0.25, -0.2) is 0 Å². The Morgan fingerprint density at radius 3 is 1.79 bits per heavy atom. The lowest BCUT2D eigenvalue weighted by Crippen LogP contribution is -2.55. The van der Waals surface area contributed by atoms with E-state index in [1.54, 1.807) is 11.1 Å². The normalized spacial score (nSPS) is 25.1. The fourth-order valence-corrected chi connectivity index (χ4v) is 11.2. The molecular formula is C46H37N. The van der Waals surface area contributed by atoms with Crippen LogP contribution in [-0.4, -0.2) is 0 Å². The number of anilines is 3. The largest absolute Gasteiger partial charge is 0.310 e. The molecule has 0 heterocycles. The molecule has 7 aromatic rings. The maximum atomic E-state index is 2.62. The van der Waals surface area contributed by atoms with Crippen LogP contribution in [0.1, 0.15) is 43.2 Å². The van der Waals surface area contributed by atoms with Crippen LogP contribution in [0.4, 0.5) is 17.1 Å². The van der Waals surface area contributed by atoms with Gasteiger partial charge in [0.15, 0.2) is 0 Å². The van der Waals surface area contributed by atoms with Crippen LogP contribution in [0.25, 0.3) is 43.4 Å². The SMILES string of the molecule is c1ccc2c(c1)-c1ccc(N(c3ccc4ccccc4c3)c3ccc4c(ccc5ccccc54)c3)cc1C21C2CC3CC(C2)CC1C3. The summed E-state index contributed by atoms with van der Waals surface area (Å²) >= 11 is 0. The van der Waals surface area contributed by atoms with Gasteiger partial charge in [-0.1, -0.05) is 103 Å². The van der Waals surface area contributed by atoms with Gasteiger partial charge in [0.1, 0.15) is 0 Å². The van der Waals surface area contributed by atoms with Crippen molar-refractivity contribution in [3.63, 3.8) is 0 Å². The van der Waals surface area contributed by atoms with E-state index in [0.29, 0.717) is 0 Å².